The smallest absolute Gasteiger partial charge is 0.411 e. The number of nitrogens with zero attached hydrogens (tertiary/aromatic N) is 2. The molecule has 31 heavy (non-hydrogen) atoms. The lowest BCUT2D eigenvalue weighted by Crippen LogP contribution is -2.40. The molecule has 2 aliphatic heterocycles. The Balaban J connectivity index is 1.22. The Kier molecular flexibility index (Phi) is 7.20. The molecular formula is C25H31N3O3. The molecule has 0 atom stereocenters. The minimum absolute atomic E-state index is 0.0885. The lowest BCUT2D eigenvalue weighted by Gasteiger charge is -2.31. The molecule has 6 heteroatoms. The lowest BCUT2D eigenvalue weighted by molar-refractivity contribution is -0.130. The van der Waals surface area contributed by atoms with Crippen LogP contribution in [0.3, 0.4) is 0 Å². The summed E-state index contributed by atoms with van der Waals surface area (Å²) < 4.78 is 5.69. The molecule has 2 aromatic rings. The van der Waals surface area contributed by atoms with Gasteiger partial charge < -0.3 is 14.5 Å². The van der Waals surface area contributed by atoms with Gasteiger partial charge in [0.1, 0.15) is 6.10 Å². The van der Waals surface area contributed by atoms with Gasteiger partial charge in [-0.2, -0.15) is 0 Å². The fourth-order valence-corrected chi connectivity index (χ4v) is 4.38. The largest absolute Gasteiger partial charge is 0.446 e. The van der Waals surface area contributed by atoms with Crippen molar-refractivity contribution in [2.45, 2.75) is 38.2 Å². The molecule has 0 spiro atoms. The third-order valence-electron chi connectivity index (χ3n) is 6.16. The molecule has 2 amide bonds. The zero-order valence-corrected chi connectivity index (χ0v) is 18.0. The number of carbonyl (C=O) groups is 2. The summed E-state index contributed by atoms with van der Waals surface area (Å²) in [6, 6.07) is 17.7. The van der Waals surface area contributed by atoms with Gasteiger partial charge in [0.25, 0.3) is 0 Å². The van der Waals surface area contributed by atoms with Crippen LogP contribution in [0.15, 0.2) is 54.6 Å². The van der Waals surface area contributed by atoms with E-state index >= 15 is 0 Å². The van der Waals surface area contributed by atoms with E-state index in [0.717, 1.165) is 75.2 Å². The maximum absolute atomic E-state index is 12.5. The predicted octanol–water partition coefficient (Wildman–Crippen LogP) is 4.38. The Morgan fingerprint density at radius 3 is 2.32 bits per heavy atom. The first-order valence-electron chi connectivity index (χ1n) is 11.3. The molecule has 2 aromatic carbocycles. The molecular weight excluding hydrogens is 390 g/mol. The van der Waals surface area contributed by atoms with E-state index in [0.29, 0.717) is 6.42 Å². The van der Waals surface area contributed by atoms with Crippen molar-refractivity contribution in [1.82, 2.24) is 9.80 Å². The summed E-state index contributed by atoms with van der Waals surface area (Å²) in [5, 5.41) is 2.91. The third kappa shape index (κ3) is 5.85. The van der Waals surface area contributed by atoms with E-state index in [1.165, 1.54) is 0 Å². The van der Waals surface area contributed by atoms with Crippen molar-refractivity contribution in [3.05, 3.63) is 54.6 Å². The van der Waals surface area contributed by atoms with Gasteiger partial charge >= 0.3 is 6.09 Å². The number of nitrogens with one attached hydrogen (secondary N) is 1. The second-order valence-corrected chi connectivity index (χ2v) is 8.32. The highest BCUT2D eigenvalue weighted by atomic mass is 16.6. The van der Waals surface area contributed by atoms with Crippen molar-refractivity contribution in [2.75, 3.05) is 38.0 Å². The van der Waals surface area contributed by atoms with Crippen LogP contribution in [0.25, 0.3) is 11.1 Å². The summed E-state index contributed by atoms with van der Waals surface area (Å²) in [6.45, 7) is 4.32. The molecule has 0 unspecified atom stereocenters. The fraction of sp³-hybridized carbons (Fsp3) is 0.440. The van der Waals surface area contributed by atoms with E-state index in [4.69, 9.17) is 4.74 Å². The Morgan fingerprint density at radius 1 is 0.903 bits per heavy atom. The number of anilines is 1. The minimum Gasteiger partial charge on any atom is -0.446 e. The minimum atomic E-state index is -0.411. The molecule has 2 aliphatic rings. The average Bonchev–Trinajstić information content (AvgIpc) is 3.34. The highest BCUT2D eigenvalue weighted by Gasteiger charge is 2.24. The molecule has 0 bridgehead atoms. The van der Waals surface area contributed by atoms with Crippen LogP contribution in [-0.2, 0) is 9.53 Å². The summed E-state index contributed by atoms with van der Waals surface area (Å²) >= 11 is 0. The Morgan fingerprint density at radius 2 is 1.58 bits per heavy atom. The number of benzene rings is 2. The molecule has 0 aliphatic carbocycles. The number of hydrogen-bond acceptors (Lipinski definition) is 4. The van der Waals surface area contributed by atoms with Crippen molar-refractivity contribution < 1.29 is 14.3 Å². The second-order valence-electron chi connectivity index (χ2n) is 8.32. The molecule has 2 fully saturated rings. The van der Waals surface area contributed by atoms with Crippen molar-refractivity contribution in [2.24, 2.45) is 0 Å². The van der Waals surface area contributed by atoms with E-state index in [2.05, 4.69) is 10.2 Å². The van der Waals surface area contributed by atoms with E-state index in [1.54, 1.807) is 0 Å². The first-order valence-corrected chi connectivity index (χ1v) is 11.3. The molecule has 2 saturated heterocycles. The maximum atomic E-state index is 12.5. The lowest BCUT2D eigenvalue weighted by atomic mass is 10.0. The molecule has 0 radical (unpaired) electrons. The van der Waals surface area contributed by atoms with Crippen LogP contribution in [0.5, 0.6) is 0 Å². The van der Waals surface area contributed by atoms with Crippen molar-refractivity contribution in [3.8, 4) is 11.1 Å². The predicted molar refractivity (Wildman–Crippen MR) is 122 cm³/mol. The summed E-state index contributed by atoms with van der Waals surface area (Å²) in [6.07, 6.45) is 3.94. The number of amides is 2. The summed E-state index contributed by atoms with van der Waals surface area (Å²) in [7, 11) is 0. The highest BCUT2D eigenvalue weighted by molar-refractivity contribution is 5.91. The number of carbonyl (C=O) groups excluding carboxylic acids is 2. The Hall–Kier alpha value is -2.86. The number of hydrogen-bond donors (Lipinski definition) is 1. The molecule has 4 rings (SSSR count). The standard InChI is InChI=1S/C25H31N3O3/c29-24(28-15-6-7-16-28)14-19-27-17-12-21(13-18-27)31-25(30)26-23-11-5-4-10-22(23)20-8-2-1-3-9-20/h1-5,8-11,21H,6-7,12-19H2,(H,26,30). The van der Waals surface area contributed by atoms with Gasteiger partial charge in [0.05, 0.1) is 5.69 Å². The van der Waals surface area contributed by atoms with Crippen LogP contribution in [0.1, 0.15) is 32.1 Å². The SMILES string of the molecule is O=C(Nc1ccccc1-c1ccccc1)OC1CCN(CCC(=O)N2CCCC2)CC1. The van der Waals surface area contributed by atoms with Gasteiger partial charge in [0.2, 0.25) is 5.91 Å². The first-order chi connectivity index (χ1) is 15.2. The Labute approximate surface area is 184 Å². The molecule has 1 N–H and O–H groups in total. The summed E-state index contributed by atoms with van der Waals surface area (Å²) in [5.74, 6) is 0.271. The van der Waals surface area contributed by atoms with Gasteiger partial charge in [0, 0.05) is 44.7 Å². The van der Waals surface area contributed by atoms with Crippen LogP contribution in [-0.4, -0.2) is 60.6 Å². The van der Waals surface area contributed by atoms with Crippen molar-refractivity contribution >= 4 is 17.7 Å². The molecule has 6 nitrogen and oxygen atoms in total. The zero-order valence-electron chi connectivity index (χ0n) is 18.0. The van der Waals surface area contributed by atoms with Gasteiger partial charge in [-0.3, -0.25) is 10.1 Å². The molecule has 0 saturated carbocycles. The third-order valence-corrected chi connectivity index (χ3v) is 6.16. The molecule has 2 heterocycles. The van der Waals surface area contributed by atoms with Crippen LogP contribution in [0.2, 0.25) is 0 Å². The number of rotatable bonds is 6. The second kappa shape index (κ2) is 10.4. The van der Waals surface area contributed by atoms with Gasteiger partial charge in [-0.15, -0.1) is 0 Å². The summed E-state index contributed by atoms with van der Waals surface area (Å²) in [5.41, 5.74) is 2.77. The normalized spacial score (nSPS) is 17.5. The molecule has 0 aromatic heterocycles. The van der Waals surface area contributed by atoms with Crippen molar-refractivity contribution in [1.29, 1.82) is 0 Å². The number of ether oxygens (including phenoxy) is 1. The molecule has 164 valence electrons. The number of likely N-dealkylation sites (tertiary alicyclic amines) is 2. The van der Waals surface area contributed by atoms with Crippen LogP contribution < -0.4 is 5.32 Å². The van der Waals surface area contributed by atoms with Gasteiger partial charge in [-0.25, -0.2) is 4.79 Å². The van der Waals surface area contributed by atoms with Gasteiger partial charge in [-0.1, -0.05) is 48.5 Å². The topological polar surface area (TPSA) is 61.9 Å². The quantitative estimate of drug-likeness (QED) is 0.752. The van der Waals surface area contributed by atoms with E-state index in [1.807, 2.05) is 59.5 Å². The van der Waals surface area contributed by atoms with Gasteiger partial charge in [0.15, 0.2) is 0 Å². The van der Waals surface area contributed by atoms with Crippen LogP contribution in [0, 0.1) is 0 Å². The highest BCUT2D eigenvalue weighted by Crippen LogP contribution is 2.28. The van der Waals surface area contributed by atoms with Crippen LogP contribution >= 0.6 is 0 Å². The van der Waals surface area contributed by atoms with E-state index < -0.39 is 6.09 Å². The number of piperidine rings is 1. The van der Waals surface area contributed by atoms with Crippen LogP contribution in [0.4, 0.5) is 10.5 Å². The fourth-order valence-electron chi connectivity index (χ4n) is 4.38. The Bertz CT molecular complexity index is 873. The maximum Gasteiger partial charge on any atom is 0.411 e. The monoisotopic (exact) mass is 421 g/mol. The number of para-hydroxylation sites is 1. The van der Waals surface area contributed by atoms with Crippen molar-refractivity contribution in [3.63, 3.8) is 0 Å². The van der Waals surface area contributed by atoms with Gasteiger partial charge in [-0.05, 0) is 37.3 Å². The summed E-state index contributed by atoms with van der Waals surface area (Å²) in [4.78, 5) is 29.0. The van der Waals surface area contributed by atoms with E-state index in [9.17, 15) is 9.59 Å². The first kappa shape index (κ1) is 21.4. The average molecular weight is 422 g/mol. The van der Waals surface area contributed by atoms with E-state index in [-0.39, 0.29) is 12.0 Å². The zero-order chi connectivity index (χ0) is 21.5.